The molecule has 0 bridgehead atoms. The Kier molecular flexibility index (Phi) is 5.49. The van der Waals surface area contributed by atoms with E-state index in [9.17, 15) is 4.79 Å². The number of hydrogen-bond acceptors (Lipinski definition) is 4. The van der Waals surface area contributed by atoms with Crippen molar-refractivity contribution in [3.63, 3.8) is 0 Å². The van der Waals surface area contributed by atoms with Crippen LogP contribution < -0.4 is 20.3 Å². The average molecular weight is 333 g/mol. The number of rotatable bonds is 6. The predicted molar refractivity (Wildman–Crippen MR) is 90.6 cm³/mol. The molecule has 2 aromatic rings. The van der Waals surface area contributed by atoms with E-state index in [-0.39, 0.29) is 5.91 Å². The zero-order chi connectivity index (χ0) is 16.8. The Hall–Kier alpha value is -2.66. The highest BCUT2D eigenvalue weighted by Crippen LogP contribution is 2.28. The number of hydrogen-bond donors (Lipinski definition) is 2. The third kappa shape index (κ3) is 3.96. The fourth-order valence-corrected chi connectivity index (χ4v) is 2.18. The van der Waals surface area contributed by atoms with E-state index in [1.807, 2.05) is 0 Å². The molecular weight excluding hydrogens is 316 g/mol. The fourth-order valence-electron chi connectivity index (χ4n) is 1.96. The molecule has 1 amide bonds. The van der Waals surface area contributed by atoms with E-state index in [1.54, 1.807) is 56.7 Å². The molecule has 0 aliphatic rings. The summed E-state index contributed by atoms with van der Waals surface area (Å²) in [6, 6.07) is 12.1. The van der Waals surface area contributed by atoms with E-state index in [0.29, 0.717) is 33.3 Å². The van der Waals surface area contributed by atoms with E-state index >= 15 is 0 Å². The lowest BCUT2D eigenvalue weighted by Gasteiger charge is -2.15. The zero-order valence-electron chi connectivity index (χ0n) is 12.9. The van der Waals surface area contributed by atoms with E-state index in [0.717, 1.165) is 0 Å². The van der Waals surface area contributed by atoms with E-state index in [2.05, 4.69) is 17.4 Å². The van der Waals surface area contributed by atoms with E-state index in [1.165, 1.54) is 0 Å². The largest absolute Gasteiger partial charge is 0.497 e. The second-order valence-electron chi connectivity index (χ2n) is 4.60. The molecule has 0 unspecified atom stereocenters. The first kappa shape index (κ1) is 16.7. The van der Waals surface area contributed by atoms with Crippen LogP contribution in [0.15, 0.2) is 49.0 Å². The molecule has 0 saturated heterocycles. The van der Waals surface area contributed by atoms with Gasteiger partial charge in [0.15, 0.2) is 0 Å². The standard InChI is InChI=1S/C17H17ClN2O3/c1-11(13-9-8-12(22-2)10-16(13)23-3)19-20-17(21)14-6-4-5-7-15(14)18/h4-10,19H,1H2,2-3H3,(H,20,21). The first-order valence-electron chi connectivity index (χ1n) is 6.79. The molecule has 0 atom stereocenters. The van der Waals surface area contributed by atoms with Crippen LogP contribution >= 0.6 is 11.6 Å². The number of hydrazine groups is 1. The average Bonchev–Trinajstić information content (AvgIpc) is 2.59. The van der Waals surface area contributed by atoms with Gasteiger partial charge >= 0.3 is 0 Å². The van der Waals surface area contributed by atoms with Crippen molar-refractivity contribution in [2.45, 2.75) is 0 Å². The topological polar surface area (TPSA) is 59.6 Å². The molecular formula is C17H17ClN2O3. The van der Waals surface area contributed by atoms with Crippen molar-refractivity contribution < 1.29 is 14.3 Å². The molecule has 0 spiro atoms. The van der Waals surface area contributed by atoms with Crippen LogP contribution in [0.4, 0.5) is 0 Å². The first-order chi connectivity index (χ1) is 11.1. The molecule has 0 aliphatic heterocycles. The van der Waals surface area contributed by atoms with E-state index in [4.69, 9.17) is 21.1 Å². The van der Waals surface area contributed by atoms with Crippen LogP contribution in [-0.2, 0) is 0 Å². The fraction of sp³-hybridized carbons (Fsp3) is 0.118. The number of methoxy groups -OCH3 is 2. The Bertz CT molecular complexity index is 732. The molecule has 6 heteroatoms. The van der Waals surface area contributed by atoms with Crippen LogP contribution in [-0.4, -0.2) is 20.1 Å². The molecule has 23 heavy (non-hydrogen) atoms. The van der Waals surface area contributed by atoms with Gasteiger partial charge in [0.1, 0.15) is 11.5 Å². The monoisotopic (exact) mass is 332 g/mol. The quantitative estimate of drug-likeness (QED) is 0.797. The van der Waals surface area contributed by atoms with Gasteiger partial charge in [-0.1, -0.05) is 30.3 Å². The maximum Gasteiger partial charge on any atom is 0.271 e. The second-order valence-corrected chi connectivity index (χ2v) is 5.01. The zero-order valence-corrected chi connectivity index (χ0v) is 13.6. The minimum atomic E-state index is -0.357. The summed E-state index contributed by atoms with van der Waals surface area (Å²) in [6.45, 7) is 3.90. The number of ether oxygens (including phenoxy) is 2. The highest BCUT2D eigenvalue weighted by Gasteiger charge is 2.12. The normalized spacial score (nSPS) is 9.87. The predicted octanol–water partition coefficient (Wildman–Crippen LogP) is 3.26. The number of amides is 1. The van der Waals surface area contributed by atoms with Gasteiger partial charge in [-0.3, -0.25) is 15.6 Å². The Morgan fingerprint density at radius 3 is 2.43 bits per heavy atom. The number of halogens is 1. The SMILES string of the molecule is C=C(NNC(=O)c1ccccc1Cl)c1ccc(OC)cc1OC. The first-order valence-corrected chi connectivity index (χ1v) is 7.16. The number of benzene rings is 2. The Morgan fingerprint density at radius 1 is 1.04 bits per heavy atom. The summed E-state index contributed by atoms with van der Waals surface area (Å²) in [6.07, 6.45) is 0. The highest BCUT2D eigenvalue weighted by atomic mass is 35.5. The third-order valence-corrected chi connectivity index (χ3v) is 3.51. The lowest BCUT2D eigenvalue weighted by molar-refractivity contribution is 0.0942. The summed E-state index contributed by atoms with van der Waals surface area (Å²) in [5.41, 5.74) is 6.87. The van der Waals surface area contributed by atoms with Crippen molar-refractivity contribution in [1.82, 2.24) is 10.9 Å². The van der Waals surface area contributed by atoms with Crippen LogP contribution in [0.2, 0.25) is 5.02 Å². The molecule has 0 aromatic heterocycles. The maximum absolute atomic E-state index is 12.1. The van der Waals surface area contributed by atoms with Gasteiger partial charge in [-0.15, -0.1) is 0 Å². The molecule has 0 saturated carbocycles. The molecule has 0 heterocycles. The Labute approximate surface area is 139 Å². The summed E-state index contributed by atoms with van der Waals surface area (Å²) in [5.74, 6) is 0.886. The molecule has 0 radical (unpaired) electrons. The molecule has 120 valence electrons. The molecule has 0 fully saturated rings. The summed E-state index contributed by atoms with van der Waals surface area (Å²) in [5, 5.41) is 0.374. The van der Waals surface area contributed by atoms with Crippen LogP contribution in [0, 0.1) is 0 Å². The smallest absolute Gasteiger partial charge is 0.271 e. The van der Waals surface area contributed by atoms with Crippen LogP contribution in [0.3, 0.4) is 0 Å². The lowest BCUT2D eigenvalue weighted by atomic mass is 10.1. The van der Waals surface area contributed by atoms with Crippen molar-refractivity contribution in [3.8, 4) is 11.5 Å². The van der Waals surface area contributed by atoms with E-state index < -0.39 is 0 Å². The number of carbonyl (C=O) groups is 1. The van der Waals surface area contributed by atoms with Crippen LogP contribution in [0.1, 0.15) is 15.9 Å². The molecule has 2 rings (SSSR count). The van der Waals surface area contributed by atoms with Gasteiger partial charge < -0.3 is 9.47 Å². The highest BCUT2D eigenvalue weighted by molar-refractivity contribution is 6.33. The van der Waals surface area contributed by atoms with Crippen LogP contribution in [0.5, 0.6) is 11.5 Å². The lowest BCUT2D eigenvalue weighted by Crippen LogP contribution is -2.36. The Morgan fingerprint density at radius 2 is 1.78 bits per heavy atom. The molecule has 2 aromatic carbocycles. The van der Waals surface area contributed by atoms with Gasteiger partial charge in [0.05, 0.1) is 30.5 Å². The summed E-state index contributed by atoms with van der Waals surface area (Å²) in [4.78, 5) is 12.1. The van der Waals surface area contributed by atoms with Gasteiger partial charge in [-0.2, -0.15) is 0 Å². The van der Waals surface area contributed by atoms with Crippen molar-refractivity contribution >= 4 is 23.2 Å². The molecule has 2 N–H and O–H groups in total. The summed E-state index contributed by atoms with van der Waals surface area (Å²) in [7, 11) is 3.12. The third-order valence-electron chi connectivity index (χ3n) is 3.18. The van der Waals surface area contributed by atoms with Crippen molar-refractivity contribution in [3.05, 3.63) is 65.2 Å². The number of nitrogens with one attached hydrogen (secondary N) is 2. The molecule has 0 aliphatic carbocycles. The molecule has 5 nitrogen and oxygen atoms in total. The van der Waals surface area contributed by atoms with Crippen molar-refractivity contribution in [1.29, 1.82) is 0 Å². The van der Waals surface area contributed by atoms with Gasteiger partial charge in [-0.05, 0) is 24.3 Å². The van der Waals surface area contributed by atoms with Crippen molar-refractivity contribution in [2.75, 3.05) is 14.2 Å². The summed E-state index contributed by atoms with van der Waals surface area (Å²) >= 11 is 5.99. The van der Waals surface area contributed by atoms with Gasteiger partial charge in [0.25, 0.3) is 5.91 Å². The maximum atomic E-state index is 12.1. The van der Waals surface area contributed by atoms with Gasteiger partial charge in [-0.25, -0.2) is 0 Å². The van der Waals surface area contributed by atoms with Crippen LogP contribution in [0.25, 0.3) is 5.70 Å². The summed E-state index contributed by atoms with van der Waals surface area (Å²) < 4.78 is 10.5. The second kappa shape index (κ2) is 7.56. The van der Waals surface area contributed by atoms with Gasteiger partial charge in [0.2, 0.25) is 0 Å². The van der Waals surface area contributed by atoms with Gasteiger partial charge in [0, 0.05) is 11.6 Å². The minimum absolute atomic E-state index is 0.357. The van der Waals surface area contributed by atoms with Crippen molar-refractivity contribution in [2.24, 2.45) is 0 Å². The minimum Gasteiger partial charge on any atom is -0.497 e. The number of carbonyl (C=O) groups excluding carboxylic acids is 1. The Balaban J connectivity index is 2.08.